The number of rotatable bonds is 6. The van der Waals surface area contributed by atoms with Crippen LogP contribution in [-0.4, -0.2) is 28.2 Å². The van der Waals surface area contributed by atoms with Crippen molar-refractivity contribution in [3.05, 3.63) is 52.6 Å². The van der Waals surface area contributed by atoms with Crippen LogP contribution in [0.5, 0.6) is 0 Å². The number of halogens is 1. The molecule has 2 rings (SSSR count). The zero-order valence-corrected chi connectivity index (χ0v) is 14.3. The topological polar surface area (TPSA) is 54.9 Å². The van der Waals surface area contributed by atoms with E-state index in [1.165, 1.54) is 23.9 Å². The normalized spacial score (nSPS) is 10.6. The zero-order valence-electron chi connectivity index (χ0n) is 13.5. The van der Waals surface area contributed by atoms with E-state index in [9.17, 15) is 9.18 Å². The van der Waals surface area contributed by atoms with Gasteiger partial charge in [0.25, 0.3) is 0 Å². The van der Waals surface area contributed by atoms with E-state index in [-0.39, 0.29) is 17.5 Å². The molecule has 0 spiro atoms. The standard InChI is InChI=1S/C17H20FN3OS/c1-11-12(2)20-17(21-13(11)3)23-10-16(22)19-9-8-14-4-6-15(18)7-5-14/h4-7H,8-10H2,1-3H3,(H,19,22). The molecule has 1 amide bonds. The smallest absolute Gasteiger partial charge is 0.230 e. The SMILES string of the molecule is Cc1nc(SCC(=O)NCCc2ccc(F)cc2)nc(C)c1C. The highest BCUT2D eigenvalue weighted by atomic mass is 32.2. The lowest BCUT2D eigenvalue weighted by Gasteiger charge is -2.07. The maximum atomic E-state index is 12.8. The van der Waals surface area contributed by atoms with Gasteiger partial charge in [-0.15, -0.1) is 0 Å². The summed E-state index contributed by atoms with van der Waals surface area (Å²) in [6.07, 6.45) is 0.677. The zero-order chi connectivity index (χ0) is 16.8. The van der Waals surface area contributed by atoms with Crippen molar-refractivity contribution < 1.29 is 9.18 Å². The number of carbonyl (C=O) groups excluding carboxylic acids is 1. The predicted octanol–water partition coefficient (Wildman–Crippen LogP) is 2.99. The van der Waals surface area contributed by atoms with Crippen LogP contribution in [0, 0.1) is 26.6 Å². The molecule has 0 saturated carbocycles. The Morgan fingerprint density at radius 2 is 1.74 bits per heavy atom. The van der Waals surface area contributed by atoms with Crippen LogP contribution < -0.4 is 5.32 Å². The predicted molar refractivity (Wildman–Crippen MR) is 90.1 cm³/mol. The maximum absolute atomic E-state index is 12.8. The quantitative estimate of drug-likeness (QED) is 0.652. The first kappa shape index (κ1) is 17.4. The van der Waals surface area contributed by atoms with Gasteiger partial charge in [0, 0.05) is 17.9 Å². The Labute approximate surface area is 139 Å². The molecule has 0 aliphatic rings. The lowest BCUT2D eigenvalue weighted by atomic mass is 10.1. The lowest BCUT2D eigenvalue weighted by molar-refractivity contribution is -0.118. The number of nitrogens with one attached hydrogen (secondary N) is 1. The molecule has 23 heavy (non-hydrogen) atoms. The van der Waals surface area contributed by atoms with E-state index in [0.717, 1.165) is 22.5 Å². The number of amides is 1. The molecule has 0 bridgehead atoms. The van der Waals surface area contributed by atoms with Gasteiger partial charge in [0.15, 0.2) is 5.16 Å². The molecular formula is C17H20FN3OS. The molecule has 0 aliphatic carbocycles. The molecule has 122 valence electrons. The third-order valence-corrected chi connectivity index (χ3v) is 4.44. The maximum Gasteiger partial charge on any atom is 0.230 e. The van der Waals surface area contributed by atoms with Crippen LogP contribution in [0.2, 0.25) is 0 Å². The summed E-state index contributed by atoms with van der Waals surface area (Å²) in [6.45, 7) is 6.40. The molecule has 0 saturated heterocycles. The van der Waals surface area contributed by atoms with Crippen LogP contribution in [0.1, 0.15) is 22.5 Å². The van der Waals surface area contributed by atoms with Crippen LogP contribution in [0.3, 0.4) is 0 Å². The molecule has 0 atom stereocenters. The molecule has 4 nitrogen and oxygen atoms in total. The van der Waals surface area contributed by atoms with Crippen molar-refractivity contribution in [3.8, 4) is 0 Å². The highest BCUT2D eigenvalue weighted by molar-refractivity contribution is 7.99. The van der Waals surface area contributed by atoms with E-state index in [4.69, 9.17) is 0 Å². The van der Waals surface area contributed by atoms with Crippen molar-refractivity contribution in [2.75, 3.05) is 12.3 Å². The molecule has 0 radical (unpaired) electrons. The van der Waals surface area contributed by atoms with E-state index >= 15 is 0 Å². The Bertz CT molecular complexity index is 666. The first-order valence-electron chi connectivity index (χ1n) is 7.41. The number of carbonyl (C=O) groups is 1. The average molecular weight is 333 g/mol. The summed E-state index contributed by atoms with van der Waals surface area (Å²) in [4.78, 5) is 20.6. The fourth-order valence-electron chi connectivity index (χ4n) is 1.98. The summed E-state index contributed by atoms with van der Waals surface area (Å²) in [5, 5.41) is 3.47. The summed E-state index contributed by atoms with van der Waals surface area (Å²) in [5.41, 5.74) is 3.96. The number of thioether (sulfide) groups is 1. The molecule has 1 aromatic heterocycles. The third-order valence-electron chi connectivity index (χ3n) is 3.59. The van der Waals surface area contributed by atoms with Gasteiger partial charge in [-0.3, -0.25) is 4.79 Å². The minimum absolute atomic E-state index is 0.0587. The average Bonchev–Trinajstić information content (AvgIpc) is 2.52. The van der Waals surface area contributed by atoms with Gasteiger partial charge in [0.1, 0.15) is 5.82 Å². The van der Waals surface area contributed by atoms with Gasteiger partial charge in [0.2, 0.25) is 5.91 Å². The summed E-state index contributed by atoms with van der Waals surface area (Å²) < 4.78 is 12.8. The Morgan fingerprint density at radius 1 is 1.13 bits per heavy atom. The van der Waals surface area contributed by atoms with Crippen LogP contribution >= 0.6 is 11.8 Å². The highest BCUT2D eigenvalue weighted by Gasteiger charge is 2.08. The second-order valence-corrected chi connectivity index (χ2v) is 6.26. The number of hydrogen-bond acceptors (Lipinski definition) is 4. The molecule has 6 heteroatoms. The number of aromatic nitrogens is 2. The Balaban J connectivity index is 1.76. The third kappa shape index (κ3) is 5.32. The van der Waals surface area contributed by atoms with Gasteiger partial charge in [-0.1, -0.05) is 23.9 Å². The number of benzene rings is 1. The van der Waals surface area contributed by atoms with Gasteiger partial charge >= 0.3 is 0 Å². The molecule has 1 heterocycles. The largest absolute Gasteiger partial charge is 0.355 e. The minimum Gasteiger partial charge on any atom is -0.355 e. The number of nitrogens with zero attached hydrogens (tertiary/aromatic N) is 2. The van der Waals surface area contributed by atoms with Crippen molar-refractivity contribution >= 4 is 17.7 Å². The fraction of sp³-hybridized carbons (Fsp3) is 0.353. The van der Waals surface area contributed by atoms with Gasteiger partial charge in [0.05, 0.1) is 5.75 Å². The van der Waals surface area contributed by atoms with Crippen LogP contribution in [-0.2, 0) is 11.2 Å². The summed E-state index contributed by atoms with van der Waals surface area (Å²) in [7, 11) is 0. The summed E-state index contributed by atoms with van der Waals surface area (Å²) in [5.74, 6) is -0.0276. The Kier molecular flexibility index (Phi) is 6.10. The highest BCUT2D eigenvalue weighted by Crippen LogP contribution is 2.16. The Morgan fingerprint density at radius 3 is 2.35 bits per heavy atom. The molecule has 0 aliphatic heterocycles. The van der Waals surface area contributed by atoms with Gasteiger partial charge in [-0.05, 0) is 50.5 Å². The van der Waals surface area contributed by atoms with E-state index in [2.05, 4.69) is 15.3 Å². The van der Waals surface area contributed by atoms with Gasteiger partial charge in [-0.2, -0.15) is 0 Å². The van der Waals surface area contributed by atoms with Crippen molar-refractivity contribution in [1.82, 2.24) is 15.3 Å². The van der Waals surface area contributed by atoms with E-state index in [1.807, 2.05) is 20.8 Å². The lowest BCUT2D eigenvalue weighted by Crippen LogP contribution is -2.27. The summed E-state index contributed by atoms with van der Waals surface area (Å²) in [6, 6.07) is 6.29. The molecular weight excluding hydrogens is 313 g/mol. The minimum atomic E-state index is -0.252. The van der Waals surface area contributed by atoms with Crippen molar-refractivity contribution in [1.29, 1.82) is 0 Å². The van der Waals surface area contributed by atoms with E-state index in [0.29, 0.717) is 18.1 Å². The first-order valence-corrected chi connectivity index (χ1v) is 8.40. The van der Waals surface area contributed by atoms with Crippen LogP contribution in [0.15, 0.2) is 29.4 Å². The Hall–Kier alpha value is -1.95. The van der Waals surface area contributed by atoms with Gasteiger partial charge < -0.3 is 5.32 Å². The summed E-state index contributed by atoms with van der Waals surface area (Å²) >= 11 is 1.33. The monoisotopic (exact) mass is 333 g/mol. The van der Waals surface area contributed by atoms with Crippen LogP contribution in [0.4, 0.5) is 4.39 Å². The molecule has 0 unspecified atom stereocenters. The fourth-order valence-corrected chi connectivity index (χ4v) is 2.75. The first-order chi connectivity index (χ1) is 11.0. The van der Waals surface area contributed by atoms with Crippen molar-refractivity contribution in [2.24, 2.45) is 0 Å². The van der Waals surface area contributed by atoms with E-state index < -0.39 is 0 Å². The van der Waals surface area contributed by atoms with Crippen LogP contribution in [0.25, 0.3) is 0 Å². The number of aryl methyl sites for hydroxylation is 2. The van der Waals surface area contributed by atoms with E-state index in [1.54, 1.807) is 12.1 Å². The second kappa shape index (κ2) is 8.06. The molecule has 1 N–H and O–H groups in total. The molecule has 1 aromatic carbocycles. The number of hydrogen-bond donors (Lipinski definition) is 1. The van der Waals surface area contributed by atoms with Gasteiger partial charge in [-0.25, -0.2) is 14.4 Å². The van der Waals surface area contributed by atoms with Crippen molar-refractivity contribution in [2.45, 2.75) is 32.3 Å². The van der Waals surface area contributed by atoms with Crippen molar-refractivity contribution in [3.63, 3.8) is 0 Å². The molecule has 2 aromatic rings. The second-order valence-electron chi connectivity index (χ2n) is 5.32. The molecule has 0 fully saturated rings.